The molecule has 0 spiro atoms. The maximum atomic E-state index is 12.5. The van der Waals surface area contributed by atoms with Gasteiger partial charge in [-0.25, -0.2) is 14.7 Å². The van der Waals surface area contributed by atoms with Crippen molar-refractivity contribution >= 4 is 23.3 Å². The molecule has 146 valence electrons. The molecule has 2 aromatic carbocycles. The number of hydrogen-bond acceptors (Lipinski definition) is 6. The number of hydrazine groups is 1. The summed E-state index contributed by atoms with van der Waals surface area (Å²) in [5, 5.41) is 8.23. The number of benzene rings is 2. The fourth-order valence-electron chi connectivity index (χ4n) is 2.82. The fourth-order valence-corrected chi connectivity index (χ4v) is 2.82. The van der Waals surface area contributed by atoms with Crippen LogP contribution < -0.4 is 15.8 Å². The molecule has 1 aliphatic rings. The number of nitrogens with zero attached hydrogens (tertiary/aromatic N) is 5. The van der Waals surface area contributed by atoms with E-state index in [1.165, 1.54) is 11.3 Å². The average Bonchev–Trinajstić information content (AvgIpc) is 3.28. The number of amidine groups is 1. The van der Waals surface area contributed by atoms with Crippen LogP contribution in [0.1, 0.15) is 11.1 Å². The number of hydrogen-bond donors (Lipinski definition) is 2. The molecule has 3 aromatic rings. The molecule has 9 nitrogen and oxygen atoms in total. The first-order valence-corrected chi connectivity index (χ1v) is 9.03. The van der Waals surface area contributed by atoms with Crippen LogP contribution in [0.25, 0.3) is 5.69 Å². The van der Waals surface area contributed by atoms with Gasteiger partial charge in [-0.3, -0.25) is 20.0 Å². The second-order valence-electron chi connectivity index (χ2n) is 6.53. The van der Waals surface area contributed by atoms with E-state index < -0.39 is 0 Å². The number of aliphatic imine (C=N–C) groups is 1. The Morgan fingerprint density at radius 2 is 1.83 bits per heavy atom. The van der Waals surface area contributed by atoms with E-state index in [0.717, 1.165) is 16.8 Å². The summed E-state index contributed by atoms with van der Waals surface area (Å²) < 4.78 is 1.65. The zero-order valence-corrected chi connectivity index (χ0v) is 15.7. The third kappa shape index (κ3) is 4.13. The maximum absolute atomic E-state index is 12.5. The van der Waals surface area contributed by atoms with Crippen molar-refractivity contribution in [3.05, 3.63) is 72.3 Å². The Morgan fingerprint density at radius 1 is 1.10 bits per heavy atom. The number of carbonyl (C=O) groups excluding carboxylic acids is 2. The third-order valence-corrected chi connectivity index (χ3v) is 4.42. The molecule has 0 saturated heterocycles. The van der Waals surface area contributed by atoms with Crippen LogP contribution in [0.4, 0.5) is 5.69 Å². The molecule has 0 atom stereocenters. The van der Waals surface area contributed by atoms with Crippen LogP contribution in [0, 0.1) is 6.92 Å². The highest BCUT2D eigenvalue weighted by Gasteiger charge is 2.25. The smallest absolute Gasteiger partial charge is 0.288 e. The molecule has 1 aliphatic heterocycles. The predicted octanol–water partition coefficient (Wildman–Crippen LogP) is 1.14. The van der Waals surface area contributed by atoms with Gasteiger partial charge in [0.1, 0.15) is 19.2 Å². The molecular weight excluding hydrogens is 370 g/mol. The monoisotopic (exact) mass is 389 g/mol. The fraction of sp³-hybridized carbons (Fsp3) is 0.150. The van der Waals surface area contributed by atoms with E-state index in [0.29, 0.717) is 12.2 Å². The van der Waals surface area contributed by atoms with Gasteiger partial charge in [0.2, 0.25) is 5.84 Å². The second kappa shape index (κ2) is 7.93. The zero-order chi connectivity index (χ0) is 20.2. The van der Waals surface area contributed by atoms with E-state index >= 15 is 0 Å². The van der Waals surface area contributed by atoms with E-state index in [9.17, 15) is 9.59 Å². The lowest BCUT2D eigenvalue weighted by molar-refractivity contribution is -0.118. The molecule has 9 heteroatoms. The summed E-state index contributed by atoms with van der Waals surface area (Å²) in [4.78, 5) is 32.6. The Kier molecular flexibility index (Phi) is 5.02. The number of nitrogens with one attached hydrogen (secondary N) is 2. The van der Waals surface area contributed by atoms with Crippen molar-refractivity contribution in [3.63, 3.8) is 0 Å². The number of amides is 2. The molecule has 1 aromatic heterocycles. The van der Waals surface area contributed by atoms with Crippen LogP contribution >= 0.6 is 0 Å². The summed E-state index contributed by atoms with van der Waals surface area (Å²) in [7, 11) is 0. The van der Waals surface area contributed by atoms with Crippen LogP contribution in [-0.2, 0) is 16.1 Å². The van der Waals surface area contributed by atoms with Gasteiger partial charge < -0.3 is 5.32 Å². The minimum atomic E-state index is -0.380. The average molecular weight is 389 g/mol. The van der Waals surface area contributed by atoms with Gasteiger partial charge in [0, 0.05) is 6.54 Å². The molecule has 0 fully saturated rings. The van der Waals surface area contributed by atoms with Crippen LogP contribution in [0.5, 0.6) is 0 Å². The van der Waals surface area contributed by atoms with Crippen molar-refractivity contribution in [1.82, 2.24) is 25.5 Å². The lowest BCUT2D eigenvalue weighted by Gasteiger charge is -2.27. The summed E-state index contributed by atoms with van der Waals surface area (Å²) in [6, 6.07) is 15.0. The van der Waals surface area contributed by atoms with Gasteiger partial charge >= 0.3 is 0 Å². The molecule has 0 saturated carbocycles. The Bertz CT molecular complexity index is 1040. The summed E-state index contributed by atoms with van der Waals surface area (Å²) in [5.41, 5.74) is 6.35. The first-order chi connectivity index (χ1) is 14.1. The van der Waals surface area contributed by atoms with Gasteiger partial charge in [-0.1, -0.05) is 29.8 Å². The first kappa shape index (κ1) is 18.4. The van der Waals surface area contributed by atoms with Crippen LogP contribution in [0.15, 0.2) is 66.2 Å². The quantitative estimate of drug-likeness (QED) is 0.681. The van der Waals surface area contributed by atoms with E-state index in [1.54, 1.807) is 11.0 Å². The van der Waals surface area contributed by atoms with Crippen molar-refractivity contribution in [2.75, 3.05) is 11.6 Å². The third-order valence-electron chi connectivity index (χ3n) is 4.42. The Labute approximate surface area is 167 Å². The Morgan fingerprint density at radius 3 is 2.52 bits per heavy atom. The second-order valence-corrected chi connectivity index (χ2v) is 6.53. The summed E-state index contributed by atoms with van der Waals surface area (Å²) >= 11 is 0. The lowest BCUT2D eigenvalue weighted by Crippen LogP contribution is -2.55. The molecule has 2 heterocycles. The Balaban J connectivity index is 1.38. The lowest BCUT2D eigenvalue weighted by atomic mass is 10.2. The molecular formula is C20H19N7O2. The number of aryl methyl sites for hydroxylation is 1. The van der Waals surface area contributed by atoms with Crippen molar-refractivity contribution in [2.24, 2.45) is 4.99 Å². The first-order valence-electron chi connectivity index (χ1n) is 9.03. The topological polar surface area (TPSA) is 105 Å². The Hall–Kier alpha value is -4.01. The maximum Gasteiger partial charge on any atom is 0.288 e. The van der Waals surface area contributed by atoms with E-state index in [4.69, 9.17) is 0 Å². The number of anilines is 1. The molecule has 0 aliphatic carbocycles. The number of carbonyl (C=O) groups is 2. The van der Waals surface area contributed by atoms with Crippen molar-refractivity contribution in [1.29, 1.82) is 0 Å². The SMILES string of the molecule is Cc1ccc(N2NC(C(=O)NCc3ccc(-n4cncn4)cc3)=NCC2=O)cc1. The van der Waals surface area contributed by atoms with Crippen LogP contribution in [-0.4, -0.2) is 39.0 Å². The largest absolute Gasteiger partial charge is 0.345 e. The van der Waals surface area contributed by atoms with Crippen molar-refractivity contribution in [2.45, 2.75) is 13.5 Å². The summed E-state index contributed by atoms with van der Waals surface area (Å²) in [6.07, 6.45) is 3.08. The summed E-state index contributed by atoms with van der Waals surface area (Å²) in [5.74, 6) is -0.506. The van der Waals surface area contributed by atoms with E-state index in [-0.39, 0.29) is 24.2 Å². The summed E-state index contributed by atoms with van der Waals surface area (Å²) in [6.45, 7) is 2.21. The highest BCUT2D eigenvalue weighted by Crippen LogP contribution is 2.15. The molecule has 2 N–H and O–H groups in total. The van der Waals surface area contributed by atoms with E-state index in [1.807, 2.05) is 55.5 Å². The predicted molar refractivity (Wildman–Crippen MR) is 107 cm³/mol. The van der Waals surface area contributed by atoms with Gasteiger partial charge in [0.05, 0.1) is 11.4 Å². The minimum Gasteiger partial charge on any atom is -0.345 e. The number of aromatic nitrogens is 3. The normalized spacial score (nSPS) is 13.6. The highest BCUT2D eigenvalue weighted by atomic mass is 16.2. The van der Waals surface area contributed by atoms with E-state index in [2.05, 4.69) is 25.8 Å². The number of rotatable bonds is 5. The molecule has 0 radical (unpaired) electrons. The molecule has 29 heavy (non-hydrogen) atoms. The molecule has 2 amide bonds. The van der Waals surface area contributed by atoms with Crippen molar-refractivity contribution < 1.29 is 9.59 Å². The van der Waals surface area contributed by atoms with Gasteiger partial charge in [0.15, 0.2) is 0 Å². The van der Waals surface area contributed by atoms with Gasteiger partial charge in [-0.15, -0.1) is 0 Å². The van der Waals surface area contributed by atoms with Gasteiger partial charge in [-0.2, -0.15) is 5.10 Å². The van der Waals surface area contributed by atoms with Crippen LogP contribution in [0.3, 0.4) is 0 Å². The zero-order valence-electron chi connectivity index (χ0n) is 15.7. The molecule has 0 unspecified atom stereocenters. The molecule has 4 rings (SSSR count). The minimum absolute atomic E-state index is 0.0871. The van der Waals surface area contributed by atoms with Crippen LogP contribution in [0.2, 0.25) is 0 Å². The standard InChI is InChI=1S/C20H19N7O2/c1-14-2-6-17(7-3-14)27-18(28)11-22-19(25-27)20(29)23-10-15-4-8-16(9-5-15)26-13-21-12-24-26/h2-9,12-13H,10-11H2,1H3,(H,22,25)(H,23,29). The van der Waals surface area contributed by atoms with Gasteiger partial charge in [-0.05, 0) is 36.8 Å². The highest BCUT2D eigenvalue weighted by molar-refractivity contribution is 6.39. The van der Waals surface area contributed by atoms with Crippen molar-refractivity contribution in [3.8, 4) is 5.69 Å². The van der Waals surface area contributed by atoms with Gasteiger partial charge in [0.25, 0.3) is 11.8 Å². The molecule has 0 bridgehead atoms.